The van der Waals surface area contributed by atoms with E-state index in [9.17, 15) is 4.79 Å². The van der Waals surface area contributed by atoms with Crippen molar-refractivity contribution in [2.45, 2.75) is 18.9 Å². The lowest BCUT2D eigenvalue weighted by Gasteiger charge is -2.12. The average molecular weight is 155 g/mol. The molecule has 11 heavy (non-hydrogen) atoms. The van der Waals surface area contributed by atoms with Crippen LogP contribution in [-0.2, 0) is 9.53 Å². The first-order valence-corrected chi connectivity index (χ1v) is 3.68. The zero-order chi connectivity index (χ0) is 8.43. The molecule has 62 valence electrons. The van der Waals surface area contributed by atoms with E-state index < -0.39 is 0 Å². The Morgan fingerprint density at radius 2 is 2.45 bits per heavy atom. The summed E-state index contributed by atoms with van der Waals surface area (Å²) in [5.74, 6) is -0.372. The standard InChI is InChI=1S/C8H13NO2/c1-5-3-4-6(7(5)9)8(10)11-2/h6-7H,1,3-4,9H2,2H3. The molecule has 1 rings (SSSR count). The smallest absolute Gasteiger partial charge is 0.310 e. The monoisotopic (exact) mass is 155 g/mol. The number of esters is 1. The van der Waals surface area contributed by atoms with Gasteiger partial charge in [0, 0.05) is 6.04 Å². The fourth-order valence-corrected chi connectivity index (χ4v) is 1.39. The van der Waals surface area contributed by atoms with Gasteiger partial charge in [0.25, 0.3) is 0 Å². The molecule has 1 aliphatic rings. The largest absolute Gasteiger partial charge is 0.469 e. The number of hydrogen-bond acceptors (Lipinski definition) is 3. The topological polar surface area (TPSA) is 52.3 Å². The van der Waals surface area contributed by atoms with Crippen molar-refractivity contribution in [2.24, 2.45) is 11.7 Å². The van der Waals surface area contributed by atoms with Gasteiger partial charge in [-0.1, -0.05) is 12.2 Å². The maximum atomic E-state index is 11.0. The van der Waals surface area contributed by atoms with Crippen molar-refractivity contribution in [1.82, 2.24) is 0 Å². The van der Waals surface area contributed by atoms with E-state index in [0.29, 0.717) is 0 Å². The van der Waals surface area contributed by atoms with Gasteiger partial charge in [0.15, 0.2) is 0 Å². The van der Waals surface area contributed by atoms with Gasteiger partial charge in [0.05, 0.1) is 13.0 Å². The van der Waals surface area contributed by atoms with Gasteiger partial charge >= 0.3 is 5.97 Å². The Balaban J connectivity index is 2.61. The van der Waals surface area contributed by atoms with Crippen molar-refractivity contribution in [3.05, 3.63) is 12.2 Å². The van der Waals surface area contributed by atoms with Gasteiger partial charge < -0.3 is 10.5 Å². The molecule has 0 aliphatic heterocycles. The van der Waals surface area contributed by atoms with Gasteiger partial charge in [-0.15, -0.1) is 0 Å². The first-order chi connectivity index (χ1) is 5.16. The van der Waals surface area contributed by atoms with Crippen LogP contribution in [0.4, 0.5) is 0 Å². The normalized spacial score (nSPS) is 30.5. The fourth-order valence-electron chi connectivity index (χ4n) is 1.39. The lowest BCUT2D eigenvalue weighted by Crippen LogP contribution is -2.32. The van der Waals surface area contributed by atoms with Gasteiger partial charge in [0.1, 0.15) is 0 Å². The third-order valence-electron chi connectivity index (χ3n) is 2.19. The average Bonchev–Trinajstić information content (AvgIpc) is 2.32. The Morgan fingerprint density at radius 1 is 1.82 bits per heavy atom. The zero-order valence-corrected chi connectivity index (χ0v) is 6.67. The molecule has 1 fully saturated rings. The van der Waals surface area contributed by atoms with Crippen LogP contribution in [0.5, 0.6) is 0 Å². The van der Waals surface area contributed by atoms with Crippen molar-refractivity contribution in [1.29, 1.82) is 0 Å². The van der Waals surface area contributed by atoms with E-state index in [1.54, 1.807) is 0 Å². The van der Waals surface area contributed by atoms with Crippen LogP contribution in [0.1, 0.15) is 12.8 Å². The molecule has 0 bridgehead atoms. The highest BCUT2D eigenvalue weighted by Gasteiger charge is 2.33. The number of ether oxygens (including phenoxy) is 1. The molecule has 0 saturated heterocycles. The highest BCUT2D eigenvalue weighted by molar-refractivity contribution is 5.74. The zero-order valence-electron chi connectivity index (χ0n) is 6.67. The SMILES string of the molecule is C=C1CCC(C(=O)OC)C1N. The molecule has 1 aliphatic carbocycles. The molecule has 2 N–H and O–H groups in total. The van der Waals surface area contributed by atoms with Crippen molar-refractivity contribution >= 4 is 5.97 Å². The Kier molecular flexibility index (Phi) is 2.29. The van der Waals surface area contributed by atoms with Crippen molar-refractivity contribution in [3.8, 4) is 0 Å². The molecule has 2 atom stereocenters. The summed E-state index contributed by atoms with van der Waals surface area (Å²) in [5, 5.41) is 0. The van der Waals surface area contributed by atoms with Crippen molar-refractivity contribution in [2.75, 3.05) is 7.11 Å². The van der Waals surface area contributed by atoms with Crippen LogP contribution < -0.4 is 5.73 Å². The quantitative estimate of drug-likeness (QED) is 0.442. The third kappa shape index (κ3) is 1.43. The second kappa shape index (κ2) is 3.05. The summed E-state index contributed by atoms with van der Waals surface area (Å²) in [6.07, 6.45) is 1.63. The van der Waals surface area contributed by atoms with Crippen LogP contribution in [0, 0.1) is 5.92 Å². The Morgan fingerprint density at radius 3 is 2.82 bits per heavy atom. The second-order valence-corrected chi connectivity index (χ2v) is 2.85. The van der Waals surface area contributed by atoms with Crippen LogP contribution in [-0.4, -0.2) is 19.1 Å². The maximum Gasteiger partial charge on any atom is 0.310 e. The van der Waals surface area contributed by atoms with E-state index >= 15 is 0 Å². The summed E-state index contributed by atoms with van der Waals surface area (Å²) < 4.78 is 4.59. The lowest BCUT2D eigenvalue weighted by atomic mass is 10.0. The summed E-state index contributed by atoms with van der Waals surface area (Å²) in [6, 6.07) is -0.192. The number of methoxy groups -OCH3 is 1. The van der Waals surface area contributed by atoms with Crippen molar-refractivity contribution < 1.29 is 9.53 Å². The molecule has 0 amide bonds. The number of carbonyl (C=O) groups is 1. The van der Waals surface area contributed by atoms with Crippen molar-refractivity contribution in [3.63, 3.8) is 0 Å². The Labute approximate surface area is 66.2 Å². The van der Waals surface area contributed by atoms with E-state index in [-0.39, 0.29) is 17.9 Å². The highest BCUT2D eigenvalue weighted by atomic mass is 16.5. The van der Waals surface area contributed by atoms with Crippen LogP contribution in [0.25, 0.3) is 0 Å². The van der Waals surface area contributed by atoms with Gasteiger partial charge in [0.2, 0.25) is 0 Å². The molecule has 1 saturated carbocycles. The molecular weight excluding hydrogens is 142 g/mol. The Bertz CT molecular complexity index is 189. The third-order valence-corrected chi connectivity index (χ3v) is 2.19. The molecule has 0 aromatic rings. The number of hydrogen-bond donors (Lipinski definition) is 1. The molecule has 2 unspecified atom stereocenters. The van der Waals surface area contributed by atoms with Crippen LogP contribution in [0.3, 0.4) is 0 Å². The highest BCUT2D eigenvalue weighted by Crippen LogP contribution is 2.28. The molecule has 3 heteroatoms. The Hall–Kier alpha value is -0.830. The molecule has 0 spiro atoms. The fraction of sp³-hybridized carbons (Fsp3) is 0.625. The first-order valence-electron chi connectivity index (χ1n) is 3.68. The minimum absolute atomic E-state index is 0.160. The van der Waals surface area contributed by atoms with Crippen LogP contribution >= 0.6 is 0 Å². The maximum absolute atomic E-state index is 11.0. The second-order valence-electron chi connectivity index (χ2n) is 2.85. The van der Waals surface area contributed by atoms with E-state index in [2.05, 4.69) is 11.3 Å². The predicted octanol–water partition coefficient (Wildman–Crippen LogP) is 0.453. The number of rotatable bonds is 1. The number of carbonyl (C=O) groups excluding carboxylic acids is 1. The summed E-state index contributed by atoms with van der Waals surface area (Å²) >= 11 is 0. The van der Waals surface area contributed by atoms with Crippen LogP contribution in [0.2, 0.25) is 0 Å². The summed E-state index contributed by atoms with van der Waals surface area (Å²) in [5.41, 5.74) is 6.66. The van der Waals surface area contributed by atoms with E-state index in [0.717, 1.165) is 18.4 Å². The van der Waals surface area contributed by atoms with E-state index in [1.165, 1.54) is 7.11 Å². The molecule has 0 aromatic carbocycles. The number of nitrogens with two attached hydrogens (primary N) is 1. The minimum atomic E-state index is -0.212. The van der Waals surface area contributed by atoms with Gasteiger partial charge in [-0.25, -0.2) is 0 Å². The van der Waals surface area contributed by atoms with E-state index in [4.69, 9.17) is 5.73 Å². The minimum Gasteiger partial charge on any atom is -0.469 e. The lowest BCUT2D eigenvalue weighted by molar-refractivity contribution is -0.145. The van der Waals surface area contributed by atoms with E-state index in [1.807, 2.05) is 0 Å². The van der Waals surface area contributed by atoms with Gasteiger partial charge in [-0.05, 0) is 12.8 Å². The summed E-state index contributed by atoms with van der Waals surface area (Å²) in [6.45, 7) is 3.77. The summed E-state index contributed by atoms with van der Waals surface area (Å²) in [4.78, 5) is 11.0. The molecule has 0 radical (unpaired) electrons. The summed E-state index contributed by atoms with van der Waals surface area (Å²) in [7, 11) is 1.39. The van der Waals surface area contributed by atoms with Gasteiger partial charge in [-0.2, -0.15) is 0 Å². The van der Waals surface area contributed by atoms with Gasteiger partial charge in [-0.3, -0.25) is 4.79 Å². The molecule has 0 aromatic heterocycles. The van der Waals surface area contributed by atoms with Crippen LogP contribution in [0.15, 0.2) is 12.2 Å². The molecule has 0 heterocycles. The predicted molar refractivity (Wildman–Crippen MR) is 41.9 cm³/mol. The molecular formula is C8H13NO2. The first kappa shape index (κ1) is 8.27. The molecule has 3 nitrogen and oxygen atoms in total.